The Labute approximate surface area is 99.6 Å². The second-order valence-electron chi connectivity index (χ2n) is 4.25. The molecule has 1 aliphatic rings. The number of anilines is 1. The van der Waals surface area contributed by atoms with Crippen LogP contribution < -0.4 is 11.1 Å². The molecule has 0 saturated heterocycles. The molecule has 0 unspecified atom stereocenters. The van der Waals surface area contributed by atoms with Crippen molar-refractivity contribution in [3.8, 4) is 0 Å². The number of pyridine rings is 1. The Hall–Kier alpha value is -2.10. The van der Waals surface area contributed by atoms with Crippen LogP contribution in [0.4, 0.5) is 5.69 Å². The van der Waals surface area contributed by atoms with Crippen molar-refractivity contribution in [3.63, 3.8) is 0 Å². The van der Waals surface area contributed by atoms with Gasteiger partial charge >= 0.3 is 0 Å². The summed E-state index contributed by atoms with van der Waals surface area (Å²) in [7, 11) is 0. The minimum Gasteiger partial charge on any atom is -0.370 e. The van der Waals surface area contributed by atoms with Gasteiger partial charge in [0, 0.05) is 11.6 Å². The van der Waals surface area contributed by atoms with Crippen molar-refractivity contribution in [2.45, 2.75) is 18.9 Å². The average molecular weight is 226 g/mol. The molecule has 0 radical (unpaired) electrons. The van der Waals surface area contributed by atoms with Gasteiger partial charge in [-0.05, 0) is 37.1 Å². The highest BCUT2D eigenvalue weighted by atomic mass is 15.1. The van der Waals surface area contributed by atoms with Gasteiger partial charge in [-0.2, -0.15) is 0 Å². The van der Waals surface area contributed by atoms with E-state index < -0.39 is 0 Å². The smallest absolute Gasteiger partial charge is 0.193 e. The van der Waals surface area contributed by atoms with Crippen LogP contribution in [0.3, 0.4) is 0 Å². The Kier molecular flexibility index (Phi) is 2.40. The van der Waals surface area contributed by atoms with Crippen molar-refractivity contribution in [2.75, 3.05) is 5.32 Å². The van der Waals surface area contributed by atoms with Crippen LogP contribution in [0, 0.1) is 0 Å². The number of aliphatic imine (C=N–C) groups is 1. The number of nitrogens with one attached hydrogen (secondary N) is 1. The summed E-state index contributed by atoms with van der Waals surface area (Å²) in [4.78, 5) is 8.66. The minimum atomic E-state index is 0.426. The van der Waals surface area contributed by atoms with Gasteiger partial charge in [0.2, 0.25) is 0 Å². The molecule has 0 atom stereocenters. The zero-order valence-corrected chi connectivity index (χ0v) is 9.43. The number of fused-ring (bicyclic) bond motifs is 1. The molecule has 4 heteroatoms. The van der Waals surface area contributed by atoms with E-state index in [4.69, 9.17) is 5.73 Å². The number of hydrogen-bond donors (Lipinski definition) is 2. The molecule has 4 nitrogen and oxygen atoms in total. The second-order valence-corrected chi connectivity index (χ2v) is 4.25. The van der Waals surface area contributed by atoms with Gasteiger partial charge in [-0.25, -0.2) is 4.99 Å². The van der Waals surface area contributed by atoms with E-state index in [1.807, 2.05) is 30.3 Å². The van der Waals surface area contributed by atoms with Crippen LogP contribution in [0.2, 0.25) is 0 Å². The minimum absolute atomic E-state index is 0.426. The van der Waals surface area contributed by atoms with Crippen molar-refractivity contribution < 1.29 is 0 Å². The lowest BCUT2D eigenvalue weighted by atomic mass is 10.2. The number of hydrogen-bond acceptors (Lipinski definition) is 2. The average Bonchev–Trinajstić information content (AvgIpc) is 3.13. The molecule has 3 N–H and O–H groups in total. The van der Waals surface area contributed by atoms with E-state index in [0.29, 0.717) is 12.0 Å². The molecule has 17 heavy (non-hydrogen) atoms. The van der Waals surface area contributed by atoms with Crippen LogP contribution in [0.5, 0.6) is 0 Å². The molecule has 0 amide bonds. The third-order valence-corrected chi connectivity index (χ3v) is 2.78. The largest absolute Gasteiger partial charge is 0.370 e. The lowest BCUT2D eigenvalue weighted by Crippen LogP contribution is -2.23. The fourth-order valence-corrected chi connectivity index (χ4v) is 1.78. The standard InChI is InChI=1S/C13H14N4/c14-13(16-9-6-7-9)17-12-5-1-4-11-10(12)3-2-8-15-11/h1-5,8-9H,6-7H2,(H3,14,16,17). The Morgan fingerprint density at radius 2 is 2.18 bits per heavy atom. The van der Waals surface area contributed by atoms with Crippen molar-refractivity contribution in [3.05, 3.63) is 36.5 Å². The first-order valence-corrected chi connectivity index (χ1v) is 5.77. The third-order valence-electron chi connectivity index (χ3n) is 2.78. The highest BCUT2D eigenvalue weighted by Gasteiger charge is 2.20. The summed E-state index contributed by atoms with van der Waals surface area (Å²) in [5.74, 6) is 0.490. The number of nitrogens with zero attached hydrogens (tertiary/aromatic N) is 2. The van der Waals surface area contributed by atoms with Crippen LogP contribution in [-0.4, -0.2) is 17.0 Å². The van der Waals surface area contributed by atoms with Gasteiger partial charge in [0.05, 0.1) is 17.2 Å². The fraction of sp³-hybridized carbons (Fsp3) is 0.231. The van der Waals surface area contributed by atoms with Gasteiger partial charge in [-0.15, -0.1) is 0 Å². The SMILES string of the molecule is NC(=NC1CC1)Nc1cccc2ncccc12. The Bertz CT molecular complexity index is 567. The lowest BCUT2D eigenvalue weighted by Gasteiger charge is -2.08. The maximum absolute atomic E-state index is 5.86. The molecule has 1 saturated carbocycles. The van der Waals surface area contributed by atoms with E-state index in [1.165, 1.54) is 0 Å². The summed E-state index contributed by atoms with van der Waals surface area (Å²) in [6.45, 7) is 0. The summed E-state index contributed by atoms with van der Waals surface area (Å²) < 4.78 is 0. The predicted octanol–water partition coefficient (Wildman–Crippen LogP) is 2.12. The van der Waals surface area contributed by atoms with E-state index in [9.17, 15) is 0 Å². The highest BCUT2D eigenvalue weighted by Crippen LogP contribution is 2.24. The summed E-state index contributed by atoms with van der Waals surface area (Å²) in [6.07, 6.45) is 4.09. The zero-order valence-electron chi connectivity index (χ0n) is 9.43. The molecule has 1 heterocycles. The van der Waals surface area contributed by atoms with Crippen molar-refractivity contribution in [1.29, 1.82) is 0 Å². The molecule has 0 spiro atoms. The molecule has 0 aliphatic heterocycles. The number of guanidine groups is 1. The van der Waals surface area contributed by atoms with Crippen LogP contribution in [-0.2, 0) is 0 Å². The van der Waals surface area contributed by atoms with Gasteiger partial charge < -0.3 is 11.1 Å². The summed E-state index contributed by atoms with van der Waals surface area (Å²) in [5, 5.41) is 4.20. The van der Waals surface area contributed by atoms with E-state index in [2.05, 4.69) is 15.3 Å². The Morgan fingerprint density at radius 3 is 3.00 bits per heavy atom. The van der Waals surface area contributed by atoms with E-state index in [1.54, 1.807) is 6.20 Å². The molecule has 1 fully saturated rings. The number of nitrogens with two attached hydrogens (primary N) is 1. The van der Waals surface area contributed by atoms with Crippen LogP contribution >= 0.6 is 0 Å². The van der Waals surface area contributed by atoms with Gasteiger partial charge in [-0.3, -0.25) is 4.98 Å². The summed E-state index contributed by atoms with van der Waals surface area (Å²) in [5.41, 5.74) is 7.77. The van der Waals surface area contributed by atoms with E-state index in [-0.39, 0.29) is 0 Å². The fourth-order valence-electron chi connectivity index (χ4n) is 1.78. The van der Waals surface area contributed by atoms with Crippen LogP contribution in [0.1, 0.15) is 12.8 Å². The zero-order chi connectivity index (χ0) is 11.7. The predicted molar refractivity (Wildman–Crippen MR) is 70.0 cm³/mol. The monoisotopic (exact) mass is 226 g/mol. The maximum Gasteiger partial charge on any atom is 0.193 e. The van der Waals surface area contributed by atoms with Crippen LogP contribution in [0.25, 0.3) is 10.9 Å². The first kappa shape index (κ1) is 10.1. The van der Waals surface area contributed by atoms with Crippen LogP contribution in [0.15, 0.2) is 41.5 Å². The molecular weight excluding hydrogens is 212 g/mol. The number of rotatable bonds is 2. The summed E-state index contributed by atoms with van der Waals surface area (Å²) >= 11 is 0. The first-order valence-electron chi connectivity index (χ1n) is 5.77. The van der Waals surface area contributed by atoms with Gasteiger partial charge in [0.1, 0.15) is 0 Å². The van der Waals surface area contributed by atoms with E-state index >= 15 is 0 Å². The third kappa shape index (κ3) is 2.20. The van der Waals surface area contributed by atoms with Crippen molar-refractivity contribution >= 4 is 22.5 Å². The summed E-state index contributed by atoms with van der Waals surface area (Å²) in [6, 6.07) is 10.3. The first-order chi connectivity index (χ1) is 8.33. The quantitative estimate of drug-likeness (QED) is 0.609. The molecular formula is C13H14N4. The number of aromatic nitrogens is 1. The molecule has 3 rings (SSSR count). The maximum atomic E-state index is 5.86. The molecule has 0 bridgehead atoms. The Balaban J connectivity index is 1.94. The highest BCUT2D eigenvalue weighted by molar-refractivity contribution is 6.01. The Morgan fingerprint density at radius 1 is 1.29 bits per heavy atom. The molecule has 2 aromatic rings. The topological polar surface area (TPSA) is 63.3 Å². The van der Waals surface area contributed by atoms with Crippen molar-refractivity contribution in [1.82, 2.24) is 4.98 Å². The van der Waals surface area contributed by atoms with E-state index in [0.717, 1.165) is 29.4 Å². The number of benzene rings is 1. The van der Waals surface area contributed by atoms with Crippen molar-refractivity contribution in [2.24, 2.45) is 10.7 Å². The molecule has 86 valence electrons. The van der Waals surface area contributed by atoms with Gasteiger partial charge in [-0.1, -0.05) is 6.07 Å². The van der Waals surface area contributed by atoms with Gasteiger partial charge in [0.15, 0.2) is 5.96 Å². The second kappa shape index (κ2) is 4.05. The lowest BCUT2D eigenvalue weighted by molar-refractivity contribution is 1.06. The van der Waals surface area contributed by atoms with Gasteiger partial charge in [0.25, 0.3) is 0 Å². The molecule has 1 aromatic carbocycles. The normalized spacial score (nSPS) is 16.1. The molecule has 1 aliphatic carbocycles. The molecule has 1 aromatic heterocycles.